The molecule has 2 N–H and O–H groups in total. The summed E-state index contributed by atoms with van der Waals surface area (Å²) >= 11 is 3.53. The highest BCUT2D eigenvalue weighted by atomic mass is 79.9. The van der Waals surface area contributed by atoms with Crippen LogP contribution in [0.4, 0.5) is 11.6 Å². The smallest absolute Gasteiger partial charge is 0.269 e. The standard InChI is InChI=1S/C26H30BrN7O2S/c1-16-8-10-20(11-9-16)37(35,36)34-14-21(27)24-25(28-15-29-26(24)34)31-19(4)22-6-5-7-23(32-22)33-12-17(2)30-18(3)13-33/h5-11,14-15,17-19,30H,12-13H2,1-4H3,(H,28,29,31)/t17-,18+,19-/m0/s1. The van der Waals surface area contributed by atoms with E-state index < -0.39 is 10.0 Å². The molecule has 0 aliphatic carbocycles. The fraction of sp³-hybridized carbons (Fsp3) is 0.346. The number of nitrogens with one attached hydrogen (secondary N) is 2. The molecular weight excluding hydrogens is 554 g/mol. The SMILES string of the molecule is Cc1ccc(S(=O)(=O)n2cc(Br)c3c(N[C@@H](C)c4cccc(N5C[C@@H](C)N[C@@H](C)C5)n4)ncnc32)cc1. The van der Waals surface area contributed by atoms with Crippen molar-refractivity contribution < 1.29 is 8.42 Å². The number of hydrogen-bond acceptors (Lipinski definition) is 8. The van der Waals surface area contributed by atoms with E-state index in [4.69, 9.17) is 4.98 Å². The zero-order valence-electron chi connectivity index (χ0n) is 21.2. The summed E-state index contributed by atoms with van der Waals surface area (Å²) < 4.78 is 28.6. The molecule has 37 heavy (non-hydrogen) atoms. The highest BCUT2D eigenvalue weighted by molar-refractivity contribution is 9.10. The van der Waals surface area contributed by atoms with Crippen molar-refractivity contribution in [2.45, 2.75) is 50.7 Å². The number of fused-ring (bicyclic) bond motifs is 1. The number of rotatable bonds is 6. The van der Waals surface area contributed by atoms with Gasteiger partial charge in [0.15, 0.2) is 5.65 Å². The Hall–Kier alpha value is -3.02. The van der Waals surface area contributed by atoms with Gasteiger partial charge in [-0.15, -0.1) is 0 Å². The van der Waals surface area contributed by atoms with Crippen LogP contribution >= 0.6 is 15.9 Å². The summed E-state index contributed by atoms with van der Waals surface area (Å²) in [5, 5.41) is 7.56. The summed E-state index contributed by atoms with van der Waals surface area (Å²) in [6.45, 7) is 10.1. The van der Waals surface area contributed by atoms with Gasteiger partial charge in [0.25, 0.3) is 10.0 Å². The number of nitrogens with zero attached hydrogens (tertiary/aromatic N) is 5. The van der Waals surface area contributed by atoms with Gasteiger partial charge in [-0.3, -0.25) is 0 Å². The lowest BCUT2D eigenvalue weighted by Gasteiger charge is -2.37. The molecule has 0 radical (unpaired) electrons. The maximum Gasteiger partial charge on any atom is 0.269 e. The third kappa shape index (κ3) is 5.07. The lowest BCUT2D eigenvalue weighted by Crippen LogP contribution is -2.54. The van der Waals surface area contributed by atoms with Crippen LogP contribution < -0.4 is 15.5 Å². The zero-order chi connectivity index (χ0) is 26.3. The zero-order valence-corrected chi connectivity index (χ0v) is 23.6. The molecule has 3 atom stereocenters. The molecule has 1 aromatic carbocycles. The van der Waals surface area contributed by atoms with Crippen molar-refractivity contribution in [2.24, 2.45) is 0 Å². The number of piperazine rings is 1. The molecule has 3 aromatic heterocycles. The molecule has 1 fully saturated rings. The summed E-state index contributed by atoms with van der Waals surface area (Å²) in [7, 11) is -3.84. The number of anilines is 2. The van der Waals surface area contributed by atoms with Gasteiger partial charge in [0.05, 0.1) is 22.0 Å². The van der Waals surface area contributed by atoms with E-state index in [1.165, 1.54) is 16.5 Å². The van der Waals surface area contributed by atoms with Crippen molar-refractivity contribution in [3.63, 3.8) is 0 Å². The van der Waals surface area contributed by atoms with Gasteiger partial charge in [-0.2, -0.15) is 0 Å². The predicted molar refractivity (Wildman–Crippen MR) is 150 cm³/mol. The first-order chi connectivity index (χ1) is 17.6. The fourth-order valence-corrected chi connectivity index (χ4v) is 6.78. The Labute approximate surface area is 225 Å². The molecule has 4 heterocycles. The quantitative estimate of drug-likeness (QED) is 0.342. The summed E-state index contributed by atoms with van der Waals surface area (Å²) in [6.07, 6.45) is 2.90. The van der Waals surface area contributed by atoms with E-state index in [-0.39, 0.29) is 10.9 Å². The van der Waals surface area contributed by atoms with E-state index in [1.807, 2.05) is 32.0 Å². The number of halogens is 1. The number of pyridine rings is 1. The molecule has 5 rings (SSSR count). The van der Waals surface area contributed by atoms with Crippen LogP contribution in [0.2, 0.25) is 0 Å². The fourth-order valence-electron chi connectivity index (χ4n) is 4.76. The minimum Gasteiger partial charge on any atom is -0.361 e. The van der Waals surface area contributed by atoms with Gasteiger partial charge in [-0.1, -0.05) is 23.8 Å². The highest BCUT2D eigenvalue weighted by Gasteiger charge is 2.25. The van der Waals surface area contributed by atoms with Crippen LogP contribution in [0.5, 0.6) is 0 Å². The number of aromatic nitrogens is 4. The predicted octanol–water partition coefficient (Wildman–Crippen LogP) is 4.49. The average molecular weight is 585 g/mol. The van der Waals surface area contributed by atoms with Gasteiger partial charge < -0.3 is 15.5 Å². The second-order valence-corrected chi connectivity index (χ2v) is 12.3. The Morgan fingerprint density at radius 2 is 1.78 bits per heavy atom. The molecule has 0 saturated carbocycles. The second-order valence-electron chi connectivity index (χ2n) is 9.67. The van der Waals surface area contributed by atoms with Crippen LogP contribution in [-0.2, 0) is 10.0 Å². The Balaban J connectivity index is 1.45. The summed E-state index contributed by atoms with van der Waals surface area (Å²) in [5.41, 5.74) is 2.15. The third-order valence-corrected chi connectivity index (χ3v) is 8.78. The molecule has 9 nitrogen and oxygen atoms in total. The second kappa shape index (κ2) is 10.0. The maximum atomic E-state index is 13.4. The van der Waals surface area contributed by atoms with Gasteiger partial charge in [-0.25, -0.2) is 27.3 Å². The molecule has 1 aliphatic heterocycles. The monoisotopic (exact) mass is 583 g/mol. The Morgan fingerprint density at radius 1 is 1.08 bits per heavy atom. The first-order valence-electron chi connectivity index (χ1n) is 12.2. The van der Waals surface area contributed by atoms with Crippen molar-refractivity contribution >= 4 is 48.6 Å². The Kier molecular flexibility index (Phi) is 6.95. The Morgan fingerprint density at radius 3 is 2.49 bits per heavy atom. The van der Waals surface area contributed by atoms with Crippen LogP contribution in [0.15, 0.2) is 64.4 Å². The van der Waals surface area contributed by atoms with Gasteiger partial charge in [-0.05, 0) is 67.9 Å². The third-order valence-electron chi connectivity index (χ3n) is 6.52. The lowest BCUT2D eigenvalue weighted by molar-refractivity contribution is 0.405. The van der Waals surface area contributed by atoms with Crippen molar-refractivity contribution in [1.82, 2.24) is 24.2 Å². The summed E-state index contributed by atoms with van der Waals surface area (Å²) in [6, 6.07) is 13.4. The lowest BCUT2D eigenvalue weighted by atomic mass is 10.1. The van der Waals surface area contributed by atoms with Crippen molar-refractivity contribution in [3.8, 4) is 0 Å². The number of benzene rings is 1. The van der Waals surface area contributed by atoms with Crippen LogP contribution in [0.1, 0.15) is 38.1 Å². The minimum absolute atomic E-state index is 0.181. The van der Waals surface area contributed by atoms with Crippen LogP contribution in [0.25, 0.3) is 11.0 Å². The average Bonchev–Trinajstić information content (AvgIpc) is 3.22. The van der Waals surface area contributed by atoms with E-state index in [2.05, 4.69) is 55.3 Å². The molecule has 0 unspecified atom stereocenters. The van der Waals surface area contributed by atoms with Crippen LogP contribution in [0, 0.1) is 6.92 Å². The number of aryl methyl sites for hydroxylation is 1. The molecule has 11 heteroatoms. The van der Waals surface area contributed by atoms with Gasteiger partial charge >= 0.3 is 0 Å². The van der Waals surface area contributed by atoms with E-state index in [1.54, 1.807) is 24.3 Å². The molecule has 1 saturated heterocycles. The summed E-state index contributed by atoms with van der Waals surface area (Å²) in [5.74, 6) is 1.47. The first kappa shape index (κ1) is 25.6. The summed E-state index contributed by atoms with van der Waals surface area (Å²) in [4.78, 5) is 16.2. The van der Waals surface area contributed by atoms with Gasteiger partial charge in [0.2, 0.25) is 0 Å². The minimum atomic E-state index is -3.84. The van der Waals surface area contributed by atoms with E-state index in [0.29, 0.717) is 33.4 Å². The Bertz CT molecular complexity index is 1530. The largest absolute Gasteiger partial charge is 0.361 e. The van der Waals surface area contributed by atoms with Gasteiger partial charge in [0.1, 0.15) is 18.0 Å². The normalized spacial score (nSPS) is 19.2. The molecule has 0 amide bonds. The van der Waals surface area contributed by atoms with E-state index >= 15 is 0 Å². The van der Waals surface area contributed by atoms with Crippen molar-refractivity contribution in [2.75, 3.05) is 23.3 Å². The van der Waals surface area contributed by atoms with Crippen molar-refractivity contribution in [3.05, 3.63) is 70.7 Å². The molecular formula is C26H30BrN7O2S. The first-order valence-corrected chi connectivity index (χ1v) is 14.4. The molecule has 0 bridgehead atoms. The van der Waals surface area contributed by atoms with E-state index in [0.717, 1.165) is 30.2 Å². The molecule has 0 spiro atoms. The molecule has 4 aromatic rings. The molecule has 194 valence electrons. The molecule has 1 aliphatic rings. The van der Waals surface area contributed by atoms with E-state index in [9.17, 15) is 8.42 Å². The van der Waals surface area contributed by atoms with Crippen molar-refractivity contribution in [1.29, 1.82) is 0 Å². The maximum absolute atomic E-state index is 13.4. The topological polar surface area (TPSA) is 105 Å². The van der Waals surface area contributed by atoms with Crippen LogP contribution in [-0.4, -0.2) is 52.5 Å². The van der Waals surface area contributed by atoms with Gasteiger partial charge in [0, 0.05) is 35.8 Å². The highest BCUT2D eigenvalue weighted by Crippen LogP contribution is 2.34. The van der Waals surface area contributed by atoms with Crippen LogP contribution in [0.3, 0.4) is 0 Å². The number of hydrogen-bond donors (Lipinski definition) is 2.